The number of aliphatic imine (C=N–C) groups is 1. The summed E-state index contributed by atoms with van der Waals surface area (Å²) in [5.74, 6) is 1.59. The Balaban J connectivity index is 0.00000441. The van der Waals surface area contributed by atoms with Crippen molar-refractivity contribution in [2.45, 2.75) is 33.0 Å². The van der Waals surface area contributed by atoms with E-state index in [1.165, 1.54) is 0 Å². The van der Waals surface area contributed by atoms with E-state index in [4.69, 9.17) is 4.74 Å². The van der Waals surface area contributed by atoms with Crippen LogP contribution in [0.1, 0.15) is 32.4 Å². The Morgan fingerprint density at radius 1 is 1.27 bits per heavy atom. The van der Waals surface area contributed by atoms with E-state index >= 15 is 0 Å². The minimum atomic E-state index is -0.619. The molecule has 0 bridgehead atoms. The van der Waals surface area contributed by atoms with E-state index in [2.05, 4.69) is 10.3 Å². The zero-order valence-corrected chi connectivity index (χ0v) is 16.4. The third-order valence-corrected chi connectivity index (χ3v) is 2.81. The second-order valence-electron chi connectivity index (χ2n) is 5.34. The molecule has 0 aliphatic heterocycles. The Hall–Kier alpha value is -1.02. The molecule has 0 heterocycles. The van der Waals surface area contributed by atoms with Crippen molar-refractivity contribution in [2.75, 3.05) is 27.2 Å². The molecule has 1 aromatic carbocycles. The summed E-state index contributed by atoms with van der Waals surface area (Å²) in [6.07, 6.45) is -0.472. The van der Waals surface area contributed by atoms with Crippen LogP contribution in [0.3, 0.4) is 0 Å². The molecule has 0 aliphatic carbocycles. The maximum absolute atomic E-state index is 10.2. The number of aliphatic hydroxyl groups excluding tert-OH is 1. The molecule has 126 valence electrons. The number of hydrogen-bond acceptors (Lipinski definition) is 3. The molecule has 0 saturated heterocycles. The number of guanidine groups is 1. The van der Waals surface area contributed by atoms with Crippen LogP contribution in [0.2, 0.25) is 0 Å². The van der Waals surface area contributed by atoms with Gasteiger partial charge in [-0.15, -0.1) is 24.0 Å². The fourth-order valence-electron chi connectivity index (χ4n) is 1.83. The summed E-state index contributed by atoms with van der Waals surface area (Å²) in [4.78, 5) is 6.31. The summed E-state index contributed by atoms with van der Waals surface area (Å²) < 4.78 is 5.58. The quantitative estimate of drug-likeness (QED) is 0.421. The van der Waals surface area contributed by atoms with Gasteiger partial charge in [-0.1, -0.05) is 12.1 Å². The topological polar surface area (TPSA) is 57.1 Å². The number of hydrogen-bond donors (Lipinski definition) is 2. The summed E-state index contributed by atoms with van der Waals surface area (Å²) in [5.41, 5.74) is 0.837. The third-order valence-electron chi connectivity index (χ3n) is 2.81. The molecular formula is C16H28IN3O2. The lowest BCUT2D eigenvalue weighted by molar-refractivity contribution is 0.186. The van der Waals surface area contributed by atoms with E-state index in [-0.39, 0.29) is 30.1 Å². The van der Waals surface area contributed by atoms with E-state index < -0.39 is 6.10 Å². The van der Waals surface area contributed by atoms with Crippen molar-refractivity contribution in [3.63, 3.8) is 0 Å². The van der Waals surface area contributed by atoms with Crippen LogP contribution in [-0.2, 0) is 0 Å². The molecule has 0 radical (unpaired) electrons. The van der Waals surface area contributed by atoms with E-state index in [1.54, 1.807) is 0 Å². The Morgan fingerprint density at radius 2 is 1.86 bits per heavy atom. The van der Waals surface area contributed by atoms with Crippen molar-refractivity contribution in [3.8, 4) is 5.75 Å². The highest BCUT2D eigenvalue weighted by Crippen LogP contribution is 2.19. The zero-order chi connectivity index (χ0) is 15.8. The van der Waals surface area contributed by atoms with Gasteiger partial charge in [-0.3, -0.25) is 4.99 Å². The molecular weight excluding hydrogens is 393 g/mol. The van der Waals surface area contributed by atoms with Gasteiger partial charge in [0.05, 0.1) is 18.8 Å². The van der Waals surface area contributed by atoms with Gasteiger partial charge in [0.2, 0.25) is 0 Å². The van der Waals surface area contributed by atoms with E-state index in [9.17, 15) is 5.11 Å². The number of benzene rings is 1. The van der Waals surface area contributed by atoms with Crippen molar-refractivity contribution in [1.82, 2.24) is 10.2 Å². The number of halogens is 1. The zero-order valence-electron chi connectivity index (χ0n) is 14.0. The van der Waals surface area contributed by atoms with Gasteiger partial charge >= 0.3 is 0 Å². The molecule has 1 unspecified atom stereocenters. The normalized spacial score (nSPS) is 12.6. The van der Waals surface area contributed by atoms with Crippen LogP contribution in [0.15, 0.2) is 29.3 Å². The Morgan fingerprint density at radius 3 is 2.32 bits per heavy atom. The fourth-order valence-corrected chi connectivity index (χ4v) is 1.83. The number of ether oxygens (including phenoxy) is 1. The highest BCUT2D eigenvalue weighted by Gasteiger charge is 2.09. The molecule has 0 aromatic heterocycles. The van der Waals surface area contributed by atoms with Crippen molar-refractivity contribution in [2.24, 2.45) is 4.99 Å². The molecule has 6 heteroatoms. The first kappa shape index (κ1) is 21.0. The Labute approximate surface area is 150 Å². The Kier molecular flexibility index (Phi) is 10.2. The van der Waals surface area contributed by atoms with Crippen molar-refractivity contribution >= 4 is 29.9 Å². The molecule has 5 nitrogen and oxygen atoms in total. The molecule has 1 rings (SSSR count). The lowest BCUT2D eigenvalue weighted by Gasteiger charge is -2.18. The minimum Gasteiger partial charge on any atom is -0.491 e. The Bertz CT molecular complexity index is 447. The molecule has 0 amide bonds. The lowest BCUT2D eigenvalue weighted by Crippen LogP contribution is -2.36. The first-order valence-electron chi connectivity index (χ1n) is 7.34. The molecule has 1 atom stereocenters. The van der Waals surface area contributed by atoms with E-state index in [0.717, 1.165) is 23.8 Å². The molecule has 22 heavy (non-hydrogen) atoms. The van der Waals surface area contributed by atoms with Crippen LogP contribution >= 0.6 is 24.0 Å². The van der Waals surface area contributed by atoms with Crippen molar-refractivity contribution in [3.05, 3.63) is 29.8 Å². The van der Waals surface area contributed by atoms with Crippen LogP contribution < -0.4 is 10.1 Å². The van der Waals surface area contributed by atoms with Crippen LogP contribution in [-0.4, -0.2) is 49.3 Å². The van der Waals surface area contributed by atoms with Crippen LogP contribution in [0.5, 0.6) is 5.75 Å². The summed E-state index contributed by atoms with van der Waals surface area (Å²) in [6.45, 7) is 7.12. The average molecular weight is 421 g/mol. The number of aliphatic hydroxyl groups is 1. The molecule has 0 aliphatic rings. The van der Waals surface area contributed by atoms with Crippen molar-refractivity contribution in [1.29, 1.82) is 0 Å². The third kappa shape index (κ3) is 7.31. The first-order valence-corrected chi connectivity index (χ1v) is 7.34. The molecule has 0 saturated carbocycles. The fraction of sp³-hybridized carbons (Fsp3) is 0.562. The maximum atomic E-state index is 10.2. The number of nitrogens with one attached hydrogen (secondary N) is 1. The standard InChI is InChI=1S/C16H27N3O2.HI/c1-6-17-16(19(4)5)18-11-15(20)13-7-9-14(10-8-13)21-12(2)3;/h7-10,12,15,20H,6,11H2,1-5H3,(H,17,18);1H. The van der Waals surface area contributed by atoms with Gasteiger partial charge in [0.15, 0.2) is 5.96 Å². The number of rotatable bonds is 6. The van der Waals surface area contributed by atoms with Gasteiger partial charge < -0.3 is 20.1 Å². The van der Waals surface area contributed by atoms with Gasteiger partial charge in [0, 0.05) is 20.6 Å². The molecule has 0 fully saturated rings. The number of nitrogens with zero attached hydrogens (tertiary/aromatic N) is 2. The predicted molar refractivity (Wildman–Crippen MR) is 102 cm³/mol. The highest BCUT2D eigenvalue weighted by molar-refractivity contribution is 14.0. The van der Waals surface area contributed by atoms with Crippen LogP contribution in [0, 0.1) is 0 Å². The average Bonchev–Trinajstić information content (AvgIpc) is 2.43. The highest BCUT2D eigenvalue weighted by atomic mass is 127. The SMILES string of the molecule is CCNC(=NCC(O)c1ccc(OC(C)C)cc1)N(C)C.I. The lowest BCUT2D eigenvalue weighted by atomic mass is 10.1. The van der Waals surface area contributed by atoms with Crippen molar-refractivity contribution < 1.29 is 9.84 Å². The van der Waals surface area contributed by atoms with Gasteiger partial charge in [0.1, 0.15) is 5.75 Å². The summed E-state index contributed by atoms with van der Waals surface area (Å²) >= 11 is 0. The summed E-state index contributed by atoms with van der Waals surface area (Å²) in [5, 5.41) is 13.4. The maximum Gasteiger partial charge on any atom is 0.193 e. The van der Waals surface area contributed by atoms with Crippen LogP contribution in [0.25, 0.3) is 0 Å². The van der Waals surface area contributed by atoms with Crippen LogP contribution in [0.4, 0.5) is 0 Å². The monoisotopic (exact) mass is 421 g/mol. The van der Waals surface area contributed by atoms with Gasteiger partial charge in [-0.2, -0.15) is 0 Å². The second-order valence-corrected chi connectivity index (χ2v) is 5.34. The molecule has 0 spiro atoms. The summed E-state index contributed by atoms with van der Waals surface area (Å²) in [7, 11) is 3.85. The van der Waals surface area contributed by atoms with E-state index in [1.807, 2.05) is 64.0 Å². The smallest absolute Gasteiger partial charge is 0.193 e. The minimum absolute atomic E-state index is 0. The van der Waals surface area contributed by atoms with Gasteiger partial charge in [-0.05, 0) is 38.5 Å². The van der Waals surface area contributed by atoms with Gasteiger partial charge in [-0.25, -0.2) is 0 Å². The second kappa shape index (κ2) is 10.7. The van der Waals surface area contributed by atoms with Gasteiger partial charge in [0.25, 0.3) is 0 Å². The first-order chi connectivity index (χ1) is 9.93. The largest absolute Gasteiger partial charge is 0.491 e. The molecule has 2 N–H and O–H groups in total. The van der Waals surface area contributed by atoms with E-state index in [0.29, 0.717) is 6.54 Å². The summed E-state index contributed by atoms with van der Waals surface area (Å²) in [6, 6.07) is 7.50. The molecule has 1 aromatic rings. The predicted octanol–water partition coefficient (Wildman–Crippen LogP) is 2.65.